The summed E-state index contributed by atoms with van der Waals surface area (Å²) in [5, 5.41) is 5.74. The number of hydrogen-bond donors (Lipinski definition) is 2. The number of hydrogen-bond acceptors (Lipinski definition) is 4. The van der Waals surface area contributed by atoms with E-state index in [4.69, 9.17) is 21.9 Å². The molecule has 3 N–H and O–H groups in total. The average molecular weight is 279 g/mol. The van der Waals surface area contributed by atoms with Crippen molar-refractivity contribution in [1.82, 2.24) is 5.43 Å². The minimum absolute atomic E-state index is 0.137. The number of thiophene rings is 1. The molecule has 1 unspecified atom stereocenters. The van der Waals surface area contributed by atoms with E-state index < -0.39 is 0 Å². The number of nitrogens with two attached hydrogens (primary N) is 1. The second-order valence-corrected chi connectivity index (χ2v) is 5.20. The smallest absolute Gasteiger partial charge is 0.134 e. The number of furan rings is 1. The van der Waals surface area contributed by atoms with Gasteiger partial charge in [0.05, 0.1) is 0 Å². The summed E-state index contributed by atoms with van der Waals surface area (Å²) >= 11 is 7.59. The van der Waals surface area contributed by atoms with Gasteiger partial charge in [-0.1, -0.05) is 11.6 Å². The topological polar surface area (TPSA) is 51.2 Å². The normalized spacial score (nSPS) is 13.0. The van der Waals surface area contributed by atoms with Gasteiger partial charge >= 0.3 is 0 Å². The van der Waals surface area contributed by atoms with Crippen LogP contribution in [0, 0.1) is 0 Å². The van der Waals surface area contributed by atoms with Crippen molar-refractivity contribution in [2.45, 2.75) is 6.04 Å². The van der Waals surface area contributed by atoms with Crippen molar-refractivity contribution in [3.8, 4) is 0 Å². The molecular formula is C13H11ClN2OS. The van der Waals surface area contributed by atoms with Crippen LogP contribution in [0.5, 0.6) is 0 Å². The van der Waals surface area contributed by atoms with Gasteiger partial charge in [-0.05, 0) is 46.7 Å². The molecule has 2 aromatic heterocycles. The van der Waals surface area contributed by atoms with Crippen molar-refractivity contribution in [3.63, 3.8) is 0 Å². The lowest BCUT2D eigenvalue weighted by molar-refractivity contribution is 0.478. The zero-order chi connectivity index (χ0) is 12.5. The number of nitrogens with one attached hydrogen (secondary N) is 1. The molecule has 18 heavy (non-hydrogen) atoms. The molecule has 0 aliphatic rings. The van der Waals surface area contributed by atoms with E-state index in [1.54, 1.807) is 11.3 Å². The molecule has 0 radical (unpaired) electrons. The van der Waals surface area contributed by atoms with Crippen LogP contribution < -0.4 is 11.3 Å². The van der Waals surface area contributed by atoms with Gasteiger partial charge in [0.25, 0.3) is 0 Å². The molecule has 3 nitrogen and oxygen atoms in total. The Morgan fingerprint density at radius 1 is 1.28 bits per heavy atom. The third kappa shape index (κ3) is 2.04. The monoisotopic (exact) mass is 278 g/mol. The van der Waals surface area contributed by atoms with Crippen LogP contribution in [0.25, 0.3) is 11.0 Å². The standard InChI is InChI=1S/C13H11ClN2OS/c14-10-1-2-11-9(5-10)6-12(17-11)13(16-15)8-3-4-18-7-8/h1-7,13,16H,15H2. The maximum Gasteiger partial charge on any atom is 0.134 e. The zero-order valence-corrected chi connectivity index (χ0v) is 11.0. The molecule has 5 heteroatoms. The van der Waals surface area contributed by atoms with Crippen molar-refractivity contribution in [3.05, 3.63) is 57.4 Å². The summed E-state index contributed by atoms with van der Waals surface area (Å²) in [6.45, 7) is 0. The first-order valence-corrected chi connectivity index (χ1v) is 6.77. The van der Waals surface area contributed by atoms with E-state index in [0.717, 1.165) is 22.3 Å². The van der Waals surface area contributed by atoms with Crippen LogP contribution in [-0.2, 0) is 0 Å². The van der Waals surface area contributed by atoms with Crippen LogP contribution in [0.3, 0.4) is 0 Å². The fourth-order valence-corrected chi connectivity index (χ4v) is 2.83. The lowest BCUT2D eigenvalue weighted by Gasteiger charge is -2.10. The molecule has 0 saturated carbocycles. The van der Waals surface area contributed by atoms with Crippen LogP contribution in [-0.4, -0.2) is 0 Å². The Labute approximate surface area is 113 Å². The second-order valence-electron chi connectivity index (χ2n) is 3.99. The van der Waals surface area contributed by atoms with Crippen molar-refractivity contribution in [1.29, 1.82) is 0 Å². The molecule has 2 heterocycles. The zero-order valence-electron chi connectivity index (χ0n) is 9.39. The van der Waals surface area contributed by atoms with Crippen molar-refractivity contribution in [2.24, 2.45) is 5.84 Å². The number of halogens is 1. The molecule has 0 aliphatic heterocycles. The van der Waals surface area contributed by atoms with Gasteiger partial charge in [-0.3, -0.25) is 5.84 Å². The van der Waals surface area contributed by atoms with Crippen LogP contribution in [0.1, 0.15) is 17.4 Å². The first-order valence-electron chi connectivity index (χ1n) is 5.45. The van der Waals surface area contributed by atoms with Gasteiger partial charge in [-0.2, -0.15) is 11.3 Å². The Morgan fingerprint density at radius 3 is 2.89 bits per heavy atom. The maximum atomic E-state index is 5.96. The van der Waals surface area contributed by atoms with Crippen LogP contribution in [0.15, 0.2) is 45.5 Å². The Hall–Kier alpha value is -1.33. The highest BCUT2D eigenvalue weighted by molar-refractivity contribution is 7.08. The molecule has 92 valence electrons. The third-order valence-electron chi connectivity index (χ3n) is 2.83. The van der Waals surface area contributed by atoms with Crippen LogP contribution in [0.4, 0.5) is 0 Å². The summed E-state index contributed by atoms with van der Waals surface area (Å²) in [5.41, 5.74) is 4.68. The summed E-state index contributed by atoms with van der Waals surface area (Å²) in [7, 11) is 0. The molecule has 0 spiro atoms. The molecule has 0 saturated heterocycles. The molecular weight excluding hydrogens is 268 g/mol. The highest BCUT2D eigenvalue weighted by Gasteiger charge is 2.17. The number of benzene rings is 1. The summed E-state index contributed by atoms with van der Waals surface area (Å²) in [4.78, 5) is 0. The van der Waals surface area contributed by atoms with Crippen molar-refractivity contribution in [2.75, 3.05) is 0 Å². The molecule has 3 aromatic rings. The SMILES string of the molecule is NNC(c1ccsc1)c1cc2cc(Cl)ccc2o1. The number of rotatable bonds is 3. The summed E-state index contributed by atoms with van der Waals surface area (Å²) < 4.78 is 5.80. The molecule has 0 aliphatic carbocycles. The van der Waals surface area contributed by atoms with Gasteiger partial charge in [-0.15, -0.1) is 0 Å². The predicted molar refractivity (Wildman–Crippen MR) is 74.7 cm³/mol. The van der Waals surface area contributed by atoms with Gasteiger partial charge < -0.3 is 4.42 Å². The molecule has 0 fully saturated rings. The minimum Gasteiger partial charge on any atom is -0.459 e. The summed E-state index contributed by atoms with van der Waals surface area (Å²) in [6.07, 6.45) is 0. The maximum absolute atomic E-state index is 5.96. The fourth-order valence-electron chi connectivity index (χ4n) is 1.96. The van der Waals surface area contributed by atoms with E-state index >= 15 is 0 Å². The first kappa shape index (κ1) is 11.7. The average Bonchev–Trinajstić information content (AvgIpc) is 2.98. The summed E-state index contributed by atoms with van der Waals surface area (Å²) in [5.74, 6) is 6.40. The van der Waals surface area contributed by atoms with E-state index in [0.29, 0.717) is 5.02 Å². The van der Waals surface area contributed by atoms with Gasteiger partial charge in [0.1, 0.15) is 17.4 Å². The van der Waals surface area contributed by atoms with Gasteiger partial charge in [-0.25, -0.2) is 5.43 Å². The third-order valence-corrected chi connectivity index (χ3v) is 3.76. The highest BCUT2D eigenvalue weighted by atomic mass is 35.5. The van der Waals surface area contributed by atoms with Crippen molar-refractivity contribution >= 4 is 33.9 Å². The second kappa shape index (κ2) is 4.74. The first-order chi connectivity index (χ1) is 8.78. The van der Waals surface area contributed by atoms with Crippen molar-refractivity contribution < 1.29 is 4.42 Å². The largest absolute Gasteiger partial charge is 0.459 e. The fraction of sp³-hybridized carbons (Fsp3) is 0.0769. The lowest BCUT2D eigenvalue weighted by atomic mass is 10.1. The molecule has 1 aromatic carbocycles. The summed E-state index contributed by atoms with van der Waals surface area (Å²) in [6, 6.07) is 9.40. The van der Waals surface area contributed by atoms with E-state index in [1.165, 1.54) is 0 Å². The number of fused-ring (bicyclic) bond motifs is 1. The molecule has 0 amide bonds. The Morgan fingerprint density at radius 2 is 2.17 bits per heavy atom. The Balaban J connectivity index is 2.07. The van der Waals surface area contributed by atoms with E-state index in [2.05, 4.69) is 5.43 Å². The van der Waals surface area contributed by atoms with E-state index in [9.17, 15) is 0 Å². The van der Waals surface area contributed by atoms with E-state index in [1.807, 2.05) is 41.1 Å². The molecule has 1 atom stereocenters. The van der Waals surface area contributed by atoms with Gasteiger partial charge in [0, 0.05) is 10.4 Å². The molecule has 3 rings (SSSR count). The Kier molecular flexibility index (Phi) is 3.09. The van der Waals surface area contributed by atoms with Crippen LogP contribution >= 0.6 is 22.9 Å². The van der Waals surface area contributed by atoms with Gasteiger partial charge in [0.2, 0.25) is 0 Å². The molecule has 0 bridgehead atoms. The number of hydrazine groups is 1. The predicted octanol–water partition coefficient (Wildman–Crippen LogP) is 3.70. The van der Waals surface area contributed by atoms with Gasteiger partial charge in [0.15, 0.2) is 0 Å². The minimum atomic E-state index is -0.137. The van der Waals surface area contributed by atoms with E-state index in [-0.39, 0.29) is 6.04 Å². The van der Waals surface area contributed by atoms with Crippen LogP contribution in [0.2, 0.25) is 5.02 Å². The Bertz CT molecular complexity index is 663. The quantitative estimate of drug-likeness (QED) is 0.567. The lowest BCUT2D eigenvalue weighted by Crippen LogP contribution is -2.28. The highest BCUT2D eigenvalue weighted by Crippen LogP contribution is 2.30.